The van der Waals surface area contributed by atoms with Gasteiger partial charge in [0.25, 0.3) is 0 Å². The molecule has 2 aromatic rings. The zero-order chi connectivity index (χ0) is 11.4. The number of aryl methyl sites for hydroxylation is 1. The minimum Gasteiger partial charge on any atom is -0.307 e. The number of nitrogens with one attached hydrogen (secondary N) is 1. The Labute approximate surface area is 101 Å². The van der Waals surface area contributed by atoms with Crippen molar-refractivity contribution >= 4 is 11.3 Å². The van der Waals surface area contributed by atoms with Crippen LogP contribution in [-0.4, -0.2) is 6.54 Å². The molecule has 0 aliphatic carbocycles. The summed E-state index contributed by atoms with van der Waals surface area (Å²) in [6, 6.07) is 11.2. The number of hydrogen-bond donors (Lipinski definition) is 1. The fourth-order valence-electron chi connectivity index (χ4n) is 1.92. The molecule has 1 aromatic heterocycles. The lowest BCUT2D eigenvalue weighted by molar-refractivity contribution is 0.632. The molecule has 16 heavy (non-hydrogen) atoms. The third-order valence-corrected chi connectivity index (χ3v) is 3.36. The Kier molecular flexibility index (Phi) is 3.75. The Hall–Kier alpha value is -1.12. The second kappa shape index (κ2) is 5.28. The number of rotatable bonds is 4. The van der Waals surface area contributed by atoms with Gasteiger partial charge in [0.05, 0.1) is 6.04 Å². The zero-order valence-electron chi connectivity index (χ0n) is 9.73. The molecule has 1 N–H and O–H groups in total. The van der Waals surface area contributed by atoms with Gasteiger partial charge in [-0.25, -0.2) is 0 Å². The van der Waals surface area contributed by atoms with Crippen LogP contribution in [-0.2, 0) is 0 Å². The van der Waals surface area contributed by atoms with E-state index in [1.54, 1.807) is 11.3 Å². The quantitative estimate of drug-likeness (QED) is 0.845. The molecule has 0 bridgehead atoms. The second-order valence-corrected chi connectivity index (χ2v) is 4.74. The van der Waals surface area contributed by atoms with E-state index in [1.807, 2.05) is 0 Å². The molecule has 0 radical (unpaired) electrons. The molecule has 1 aromatic carbocycles. The third-order valence-electron chi connectivity index (χ3n) is 2.66. The first-order valence-corrected chi connectivity index (χ1v) is 6.57. The molecule has 1 nitrogen and oxygen atoms in total. The maximum Gasteiger partial charge on any atom is 0.0584 e. The van der Waals surface area contributed by atoms with Crippen molar-refractivity contribution in [1.82, 2.24) is 5.32 Å². The van der Waals surface area contributed by atoms with Crippen LogP contribution in [0.3, 0.4) is 0 Å². The maximum absolute atomic E-state index is 3.54. The van der Waals surface area contributed by atoms with E-state index in [2.05, 4.69) is 60.3 Å². The maximum atomic E-state index is 3.54. The van der Waals surface area contributed by atoms with Gasteiger partial charge in [0, 0.05) is 0 Å². The predicted octanol–water partition coefficient (Wildman–Crippen LogP) is 3.76. The van der Waals surface area contributed by atoms with Crippen molar-refractivity contribution < 1.29 is 0 Å². The average Bonchev–Trinajstić information content (AvgIpc) is 2.79. The Morgan fingerprint density at radius 3 is 2.75 bits per heavy atom. The van der Waals surface area contributed by atoms with Crippen LogP contribution in [0.1, 0.15) is 29.7 Å². The van der Waals surface area contributed by atoms with Crippen LogP contribution in [0.15, 0.2) is 41.1 Å². The topological polar surface area (TPSA) is 12.0 Å². The summed E-state index contributed by atoms with van der Waals surface area (Å²) in [5, 5.41) is 7.89. The van der Waals surface area contributed by atoms with Crippen molar-refractivity contribution in [3.05, 3.63) is 57.8 Å². The molecule has 0 aliphatic heterocycles. The van der Waals surface area contributed by atoms with Gasteiger partial charge in [-0.15, -0.1) is 0 Å². The Morgan fingerprint density at radius 2 is 2.12 bits per heavy atom. The number of hydrogen-bond acceptors (Lipinski definition) is 2. The molecule has 0 fully saturated rings. The highest BCUT2D eigenvalue weighted by atomic mass is 32.1. The minimum absolute atomic E-state index is 0.330. The van der Waals surface area contributed by atoms with Crippen LogP contribution in [0.5, 0.6) is 0 Å². The summed E-state index contributed by atoms with van der Waals surface area (Å²) in [6.45, 7) is 5.27. The van der Waals surface area contributed by atoms with Gasteiger partial charge in [0.1, 0.15) is 0 Å². The van der Waals surface area contributed by atoms with Gasteiger partial charge in [0.2, 0.25) is 0 Å². The van der Waals surface area contributed by atoms with Crippen LogP contribution >= 0.6 is 11.3 Å². The van der Waals surface area contributed by atoms with Crippen molar-refractivity contribution in [3.8, 4) is 0 Å². The van der Waals surface area contributed by atoms with E-state index in [-0.39, 0.29) is 0 Å². The van der Waals surface area contributed by atoms with E-state index < -0.39 is 0 Å². The van der Waals surface area contributed by atoms with Gasteiger partial charge in [-0.2, -0.15) is 11.3 Å². The van der Waals surface area contributed by atoms with Gasteiger partial charge in [-0.05, 0) is 41.4 Å². The summed E-state index contributed by atoms with van der Waals surface area (Å²) in [6.07, 6.45) is 0. The Bertz CT molecular complexity index is 434. The molecule has 2 heteroatoms. The lowest BCUT2D eigenvalue weighted by Crippen LogP contribution is -2.21. The average molecular weight is 231 g/mol. The fourth-order valence-corrected chi connectivity index (χ4v) is 2.61. The molecule has 2 rings (SSSR count). The van der Waals surface area contributed by atoms with Crippen molar-refractivity contribution in [2.45, 2.75) is 19.9 Å². The first-order chi connectivity index (χ1) is 7.81. The van der Waals surface area contributed by atoms with E-state index in [0.717, 1.165) is 6.54 Å². The molecule has 0 saturated carbocycles. The van der Waals surface area contributed by atoms with Gasteiger partial charge in [-0.1, -0.05) is 36.8 Å². The standard InChI is InChI=1S/C14H17NS/c1-3-15-14(13-7-8-16-10-13)12-6-4-5-11(2)9-12/h4-10,14-15H,3H2,1-2H3. The van der Waals surface area contributed by atoms with Crippen molar-refractivity contribution in [2.75, 3.05) is 6.54 Å². The third kappa shape index (κ3) is 2.52. The summed E-state index contributed by atoms with van der Waals surface area (Å²) in [5.41, 5.74) is 4.02. The molecule has 1 atom stereocenters. The van der Waals surface area contributed by atoms with Crippen LogP contribution < -0.4 is 5.32 Å². The summed E-state index contributed by atoms with van der Waals surface area (Å²) < 4.78 is 0. The van der Waals surface area contributed by atoms with Crippen LogP contribution in [0.25, 0.3) is 0 Å². The zero-order valence-corrected chi connectivity index (χ0v) is 10.6. The first kappa shape index (κ1) is 11.4. The van der Waals surface area contributed by atoms with E-state index in [4.69, 9.17) is 0 Å². The molecular weight excluding hydrogens is 214 g/mol. The highest BCUT2D eigenvalue weighted by molar-refractivity contribution is 7.08. The fraction of sp³-hybridized carbons (Fsp3) is 0.286. The highest BCUT2D eigenvalue weighted by Crippen LogP contribution is 2.24. The smallest absolute Gasteiger partial charge is 0.0584 e. The molecule has 0 spiro atoms. The lowest BCUT2D eigenvalue weighted by atomic mass is 10.00. The van der Waals surface area contributed by atoms with E-state index in [9.17, 15) is 0 Å². The van der Waals surface area contributed by atoms with Crippen LogP contribution in [0, 0.1) is 6.92 Å². The SMILES string of the molecule is CCNC(c1ccsc1)c1cccc(C)c1. The summed E-state index contributed by atoms with van der Waals surface area (Å²) in [7, 11) is 0. The molecule has 1 unspecified atom stereocenters. The molecule has 84 valence electrons. The van der Waals surface area contributed by atoms with Crippen LogP contribution in [0.4, 0.5) is 0 Å². The normalized spacial score (nSPS) is 12.6. The molecule has 1 heterocycles. The minimum atomic E-state index is 0.330. The van der Waals surface area contributed by atoms with E-state index >= 15 is 0 Å². The van der Waals surface area contributed by atoms with Gasteiger partial charge in [-0.3, -0.25) is 0 Å². The van der Waals surface area contributed by atoms with Gasteiger partial charge in [0.15, 0.2) is 0 Å². The largest absolute Gasteiger partial charge is 0.307 e. The number of benzene rings is 1. The van der Waals surface area contributed by atoms with Crippen molar-refractivity contribution in [2.24, 2.45) is 0 Å². The summed E-state index contributed by atoms with van der Waals surface area (Å²) in [5.74, 6) is 0. The Balaban J connectivity index is 2.33. The predicted molar refractivity (Wildman–Crippen MR) is 71.0 cm³/mol. The van der Waals surface area contributed by atoms with Gasteiger partial charge >= 0.3 is 0 Å². The molecule has 0 amide bonds. The molecule has 0 aliphatic rings. The van der Waals surface area contributed by atoms with Crippen molar-refractivity contribution in [1.29, 1.82) is 0 Å². The molecule has 0 saturated heterocycles. The van der Waals surface area contributed by atoms with Gasteiger partial charge < -0.3 is 5.32 Å². The lowest BCUT2D eigenvalue weighted by Gasteiger charge is -2.17. The molecular formula is C14H17NS. The monoisotopic (exact) mass is 231 g/mol. The summed E-state index contributed by atoms with van der Waals surface area (Å²) in [4.78, 5) is 0. The second-order valence-electron chi connectivity index (χ2n) is 3.96. The van der Waals surface area contributed by atoms with Crippen molar-refractivity contribution in [3.63, 3.8) is 0 Å². The summed E-state index contributed by atoms with van der Waals surface area (Å²) >= 11 is 1.75. The number of thiophene rings is 1. The van der Waals surface area contributed by atoms with E-state index in [0.29, 0.717) is 6.04 Å². The highest BCUT2D eigenvalue weighted by Gasteiger charge is 2.12. The first-order valence-electron chi connectivity index (χ1n) is 5.63. The Morgan fingerprint density at radius 1 is 1.25 bits per heavy atom. The van der Waals surface area contributed by atoms with Crippen LogP contribution in [0.2, 0.25) is 0 Å². The van der Waals surface area contributed by atoms with E-state index in [1.165, 1.54) is 16.7 Å².